The number of ether oxygens (including phenoxy) is 3. The minimum atomic E-state index is -2.59. The minimum absolute atomic E-state index is 0.00680. The Morgan fingerprint density at radius 3 is 2.08 bits per heavy atom. The van der Waals surface area contributed by atoms with E-state index in [4.69, 9.17) is 18.6 Å². The Hall–Kier alpha value is -1.50. The van der Waals surface area contributed by atoms with Crippen molar-refractivity contribution in [1.29, 1.82) is 0 Å². The van der Waals surface area contributed by atoms with E-state index in [0.717, 1.165) is 26.1 Å². The van der Waals surface area contributed by atoms with Crippen LogP contribution in [0.25, 0.3) is 0 Å². The molecule has 2 aliphatic carbocycles. The van der Waals surface area contributed by atoms with Crippen LogP contribution in [-0.2, 0) is 18.6 Å². The van der Waals surface area contributed by atoms with Crippen molar-refractivity contribution in [2.45, 2.75) is 77.7 Å². The van der Waals surface area contributed by atoms with Crippen LogP contribution >= 0.6 is 0 Å². The quantitative estimate of drug-likeness (QED) is 0.440. The van der Waals surface area contributed by atoms with E-state index < -0.39 is 8.32 Å². The van der Waals surface area contributed by atoms with Crippen LogP contribution in [0.2, 0.25) is 5.04 Å². The Labute approximate surface area is 230 Å². The molecule has 4 nitrogen and oxygen atoms in total. The van der Waals surface area contributed by atoms with Crippen molar-refractivity contribution in [3.05, 3.63) is 60.7 Å². The summed E-state index contributed by atoms with van der Waals surface area (Å²) in [6.07, 6.45) is 4.84. The molecule has 5 aliphatic rings. The molecule has 2 aromatic rings. The van der Waals surface area contributed by atoms with Crippen LogP contribution in [0.1, 0.15) is 60.3 Å². The predicted molar refractivity (Wildman–Crippen MR) is 154 cm³/mol. The highest BCUT2D eigenvalue weighted by Crippen LogP contribution is 2.66. The molecular weight excluding hydrogens is 488 g/mol. The van der Waals surface area contributed by atoms with Crippen LogP contribution in [-0.4, -0.2) is 47.1 Å². The molecule has 2 bridgehead atoms. The lowest BCUT2D eigenvalue weighted by Crippen LogP contribution is -2.69. The van der Waals surface area contributed by atoms with Gasteiger partial charge in [0.2, 0.25) is 0 Å². The van der Waals surface area contributed by atoms with Crippen molar-refractivity contribution >= 4 is 18.7 Å². The van der Waals surface area contributed by atoms with Gasteiger partial charge in [-0.1, -0.05) is 95.3 Å². The minimum Gasteiger partial charge on any atom is -0.407 e. The van der Waals surface area contributed by atoms with Gasteiger partial charge in [0.05, 0.1) is 25.9 Å². The Kier molecular flexibility index (Phi) is 6.92. The van der Waals surface area contributed by atoms with Gasteiger partial charge in [-0.05, 0) is 58.8 Å². The van der Waals surface area contributed by atoms with Crippen LogP contribution in [0, 0.1) is 28.6 Å². The van der Waals surface area contributed by atoms with Gasteiger partial charge in [0, 0.05) is 17.4 Å². The lowest BCUT2D eigenvalue weighted by atomic mass is 9.43. The Bertz CT molecular complexity index is 1060. The highest BCUT2D eigenvalue weighted by molar-refractivity contribution is 6.99. The Morgan fingerprint density at radius 1 is 0.895 bits per heavy atom. The first-order chi connectivity index (χ1) is 18.2. The third kappa shape index (κ3) is 3.99. The van der Waals surface area contributed by atoms with E-state index in [1.807, 2.05) is 0 Å². The normalized spacial score (nSPS) is 35.8. The molecule has 2 aromatic carbocycles. The van der Waals surface area contributed by atoms with Gasteiger partial charge in [-0.25, -0.2) is 0 Å². The Morgan fingerprint density at radius 2 is 1.50 bits per heavy atom. The lowest BCUT2D eigenvalue weighted by Gasteiger charge is -2.66. The maximum Gasteiger partial charge on any atom is 0.261 e. The molecule has 3 aliphatic heterocycles. The summed E-state index contributed by atoms with van der Waals surface area (Å²) in [5.41, 5.74) is 0.129. The summed E-state index contributed by atoms with van der Waals surface area (Å²) in [5, 5.41) is 2.71. The molecule has 7 rings (SSSR count). The molecule has 6 atom stereocenters. The fourth-order valence-electron chi connectivity index (χ4n) is 8.86. The van der Waals surface area contributed by atoms with Gasteiger partial charge in [0.1, 0.15) is 0 Å². The summed E-state index contributed by atoms with van der Waals surface area (Å²) in [4.78, 5) is 0. The standard InChI is InChI=1S/C33H46O4Si/c1-24-16-17-33-23-36-26(21-29(33)32(24,5)30-34-18-19-35-30)20-25(33)22-37-38(31(2,3)4,27-12-8-6-9-13-27)28-14-10-7-11-15-28/h6-15,24-26,29-30H,16-23H2,1-5H3/t24-,25-,26+,29-,32+,33-/m1/s1. The number of hydrogen-bond donors (Lipinski definition) is 0. The molecule has 5 heteroatoms. The second-order valence-corrected chi connectivity index (χ2v) is 18.0. The number of fused-ring (bicyclic) bond motifs is 2. The molecule has 1 spiro atoms. The zero-order valence-electron chi connectivity index (χ0n) is 24.0. The summed E-state index contributed by atoms with van der Waals surface area (Å²) >= 11 is 0. The molecule has 5 fully saturated rings. The van der Waals surface area contributed by atoms with Crippen molar-refractivity contribution in [1.82, 2.24) is 0 Å². The van der Waals surface area contributed by atoms with Gasteiger partial charge < -0.3 is 18.6 Å². The molecule has 38 heavy (non-hydrogen) atoms. The smallest absolute Gasteiger partial charge is 0.261 e. The summed E-state index contributed by atoms with van der Waals surface area (Å²) in [7, 11) is -2.59. The predicted octanol–water partition coefficient (Wildman–Crippen LogP) is 5.78. The first kappa shape index (κ1) is 26.7. The first-order valence-electron chi connectivity index (χ1n) is 14.8. The molecule has 0 aromatic heterocycles. The molecular formula is C33H46O4Si. The van der Waals surface area contributed by atoms with E-state index in [1.54, 1.807) is 0 Å². The lowest BCUT2D eigenvalue weighted by molar-refractivity contribution is -0.285. The van der Waals surface area contributed by atoms with Gasteiger partial charge in [0.15, 0.2) is 6.29 Å². The molecule has 3 saturated heterocycles. The molecule has 206 valence electrons. The number of benzene rings is 2. The topological polar surface area (TPSA) is 36.9 Å². The van der Waals surface area contributed by atoms with E-state index in [9.17, 15) is 0 Å². The largest absolute Gasteiger partial charge is 0.407 e. The van der Waals surface area contributed by atoms with E-state index in [0.29, 0.717) is 37.1 Å². The van der Waals surface area contributed by atoms with Crippen molar-refractivity contribution in [2.24, 2.45) is 28.6 Å². The average Bonchev–Trinajstić information content (AvgIpc) is 3.48. The molecule has 3 heterocycles. The summed E-state index contributed by atoms with van der Waals surface area (Å²) < 4.78 is 26.5. The highest BCUT2D eigenvalue weighted by atomic mass is 28.4. The van der Waals surface area contributed by atoms with Gasteiger partial charge >= 0.3 is 0 Å². The first-order valence-corrected chi connectivity index (χ1v) is 16.7. The molecule has 0 unspecified atom stereocenters. The van der Waals surface area contributed by atoms with Crippen LogP contribution in [0.15, 0.2) is 60.7 Å². The molecule has 0 radical (unpaired) electrons. The number of hydrogen-bond acceptors (Lipinski definition) is 4. The van der Waals surface area contributed by atoms with Crippen LogP contribution < -0.4 is 10.4 Å². The summed E-state index contributed by atoms with van der Waals surface area (Å²) in [5.74, 6) is 1.58. The fourth-order valence-corrected chi connectivity index (χ4v) is 13.5. The van der Waals surface area contributed by atoms with Gasteiger partial charge in [-0.2, -0.15) is 0 Å². The van der Waals surface area contributed by atoms with E-state index in [1.165, 1.54) is 23.2 Å². The van der Waals surface area contributed by atoms with Crippen molar-refractivity contribution in [2.75, 3.05) is 26.4 Å². The molecule has 0 amide bonds. The van der Waals surface area contributed by atoms with Crippen LogP contribution in [0.5, 0.6) is 0 Å². The zero-order valence-corrected chi connectivity index (χ0v) is 25.0. The third-order valence-corrected chi connectivity index (χ3v) is 16.0. The maximum atomic E-state index is 7.54. The van der Waals surface area contributed by atoms with Crippen LogP contribution in [0.4, 0.5) is 0 Å². The van der Waals surface area contributed by atoms with Crippen molar-refractivity contribution in [3.63, 3.8) is 0 Å². The van der Waals surface area contributed by atoms with Gasteiger partial charge in [-0.3, -0.25) is 0 Å². The second-order valence-electron chi connectivity index (χ2n) is 13.7. The van der Waals surface area contributed by atoms with E-state index >= 15 is 0 Å². The average molecular weight is 535 g/mol. The second kappa shape index (κ2) is 9.85. The van der Waals surface area contributed by atoms with Crippen molar-refractivity contribution in [3.8, 4) is 0 Å². The van der Waals surface area contributed by atoms with E-state index in [-0.39, 0.29) is 22.2 Å². The SMILES string of the molecule is C[C@@H]1CC[C@@]23CO[C@@H](C[C@@H]2CO[Si](c2ccccc2)(c2ccccc2)C(C)(C)C)C[C@@H]3[C@@]1(C)C1OCCO1. The van der Waals surface area contributed by atoms with Gasteiger partial charge in [0.25, 0.3) is 8.32 Å². The zero-order chi connectivity index (χ0) is 26.6. The van der Waals surface area contributed by atoms with Gasteiger partial charge in [-0.15, -0.1) is 0 Å². The Balaban J connectivity index is 1.38. The maximum absolute atomic E-state index is 7.54. The monoisotopic (exact) mass is 534 g/mol. The summed E-state index contributed by atoms with van der Waals surface area (Å²) in [6, 6.07) is 22.2. The van der Waals surface area contributed by atoms with E-state index in [2.05, 4.69) is 95.3 Å². The van der Waals surface area contributed by atoms with Crippen molar-refractivity contribution < 1.29 is 18.6 Å². The summed E-state index contributed by atoms with van der Waals surface area (Å²) in [6.45, 7) is 15.1. The molecule has 2 saturated carbocycles. The fraction of sp³-hybridized carbons (Fsp3) is 0.636. The van der Waals surface area contributed by atoms with Crippen LogP contribution in [0.3, 0.4) is 0 Å². The molecule has 0 N–H and O–H groups in total. The number of rotatable bonds is 6. The highest BCUT2D eigenvalue weighted by Gasteiger charge is 2.66. The third-order valence-electron chi connectivity index (χ3n) is 11.0.